The van der Waals surface area contributed by atoms with Crippen molar-refractivity contribution in [3.8, 4) is 0 Å². The molecule has 1 aliphatic rings. The van der Waals surface area contributed by atoms with E-state index in [1.807, 2.05) is 54.6 Å². The van der Waals surface area contributed by atoms with Gasteiger partial charge in [-0.05, 0) is 23.6 Å². The lowest BCUT2D eigenvalue weighted by molar-refractivity contribution is -0.134. The van der Waals surface area contributed by atoms with Crippen LogP contribution < -0.4 is 0 Å². The molecular formula is C27H30O4. The first kappa shape index (κ1) is 21.7. The number of ether oxygens (including phenoxy) is 4. The van der Waals surface area contributed by atoms with Gasteiger partial charge in [-0.1, -0.05) is 91.0 Å². The SMILES string of the molecule is CC1(OCc2ccccc2)CO[C@H](COCc2ccccc2)[C@H]1OCc1ccccc1. The molecule has 1 aliphatic heterocycles. The molecule has 1 saturated heterocycles. The standard InChI is InChI=1S/C27H30O4/c1-27(31-19-24-15-9-4-10-16-24)21-30-25(20-28-17-22-11-5-2-6-12-22)26(27)29-18-23-13-7-3-8-14-23/h2-16,25-26H,17-21H2,1H3/t25-,26-,27?/m1/s1. The van der Waals surface area contributed by atoms with Gasteiger partial charge in [-0.15, -0.1) is 0 Å². The van der Waals surface area contributed by atoms with Crippen LogP contribution in [0.5, 0.6) is 0 Å². The summed E-state index contributed by atoms with van der Waals surface area (Å²) in [5.41, 5.74) is 2.86. The number of benzene rings is 3. The molecule has 0 saturated carbocycles. The van der Waals surface area contributed by atoms with Gasteiger partial charge in [-0.3, -0.25) is 0 Å². The fourth-order valence-corrected chi connectivity index (χ4v) is 3.83. The molecule has 4 heteroatoms. The first-order valence-electron chi connectivity index (χ1n) is 10.8. The van der Waals surface area contributed by atoms with Gasteiger partial charge >= 0.3 is 0 Å². The summed E-state index contributed by atoms with van der Waals surface area (Å²) in [6.45, 7) is 4.58. The highest BCUT2D eigenvalue weighted by molar-refractivity contribution is 5.15. The molecule has 3 aromatic carbocycles. The van der Waals surface area contributed by atoms with E-state index in [1.54, 1.807) is 0 Å². The Morgan fingerprint density at radius 2 is 1.26 bits per heavy atom. The average Bonchev–Trinajstić information content (AvgIpc) is 3.14. The minimum Gasteiger partial charge on any atom is -0.374 e. The maximum Gasteiger partial charge on any atom is 0.118 e. The van der Waals surface area contributed by atoms with Crippen LogP contribution in [0.25, 0.3) is 0 Å². The molecule has 3 atom stereocenters. The quantitative estimate of drug-likeness (QED) is 0.456. The summed E-state index contributed by atoms with van der Waals surface area (Å²) in [6, 6.07) is 30.6. The van der Waals surface area contributed by atoms with Crippen LogP contribution in [0.15, 0.2) is 91.0 Å². The second-order valence-corrected chi connectivity index (χ2v) is 8.15. The molecular weight excluding hydrogens is 388 g/mol. The van der Waals surface area contributed by atoms with Crippen LogP contribution in [0, 0.1) is 0 Å². The van der Waals surface area contributed by atoms with E-state index in [-0.39, 0.29) is 12.2 Å². The minimum atomic E-state index is -0.550. The maximum absolute atomic E-state index is 6.38. The van der Waals surface area contributed by atoms with Crippen LogP contribution in [0.3, 0.4) is 0 Å². The molecule has 0 aliphatic carbocycles. The van der Waals surface area contributed by atoms with Crippen molar-refractivity contribution < 1.29 is 18.9 Å². The van der Waals surface area contributed by atoms with Gasteiger partial charge in [0.05, 0.1) is 33.0 Å². The minimum absolute atomic E-state index is 0.187. The Morgan fingerprint density at radius 3 is 1.84 bits per heavy atom. The first-order chi connectivity index (χ1) is 15.2. The number of hydrogen-bond acceptors (Lipinski definition) is 4. The van der Waals surface area contributed by atoms with Crippen molar-refractivity contribution >= 4 is 0 Å². The largest absolute Gasteiger partial charge is 0.374 e. The van der Waals surface area contributed by atoms with Crippen molar-refractivity contribution in [2.75, 3.05) is 13.2 Å². The summed E-state index contributed by atoms with van der Waals surface area (Å²) in [6.07, 6.45) is -0.416. The summed E-state index contributed by atoms with van der Waals surface area (Å²) in [5.74, 6) is 0. The second kappa shape index (κ2) is 10.7. The third-order valence-corrected chi connectivity index (χ3v) is 5.60. The van der Waals surface area contributed by atoms with Crippen molar-refractivity contribution in [1.29, 1.82) is 0 Å². The van der Waals surface area contributed by atoms with E-state index >= 15 is 0 Å². The first-order valence-corrected chi connectivity index (χ1v) is 10.8. The molecule has 0 aromatic heterocycles. The van der Waals surface area contributed by atoms with Crippen LogP contribution >= 0.6 is 0 Å². The van der Waals surface area contributed by atoms with Gasteiger partial charge in [-0.25, -0.2) is 0 Å². The molecule has 0 spiro atoms. The normalized spacial score (nSPS) is 23.1. The van der Waals surface area contributed by atoms with Crippen molar-refractivity contribution in [3.63, 3.8) is 0 Å². The van der Waals surface area contributed by atoms with E-state index in [4.69, 9.17) is 18.9 Å². The molecule has 4 rings (SSSR count). The van der Waals surface area contributed by atoms with Crippen molar-refractivity contribution in [3.05, 3.63) is 108 Å². The number of hydrogen-bond donors (Lipinski definition) is 0. The highest BCUT2D eigenvalue weighted by atomic mass is 16.6. The fourth-order valence-electron chi connectivity index (χ4n) is 3.83. The molecule has 162 valence electrons. The van der Waals surface area contributed by atoms with E-state index in [9.17, 15) is 0 Å². The highest BCUT2D eigenvalue weighted by Crippen LogP contribution is 2.33. The zero-order valence-corrected chi connectivity index (χ0v) is 18.0. The zero-order valence-electron chi connectivity index (χ0n) is 18.0. The predicted molar refractivity (Wildman–Crippen MR) is 120 cm³/mol. The lowest BCUT2D eigenvalue weighted by Gasteiger charge is -2.32. The summed E-state index contributed by atoms with van der Waals surface area (Å²) >= 11 is 0. The maximum atomic E-state index is 6.38. The molecule has 1 unspecified atom stereocenters. The van der Waals surface area contributed by atoms with E-state index in [2.05, 4.69) is 43.3 Å². The van der Waals surface area contributed by atoms with E-state index in [0.29, 0.717) is 33.0 Å². The molecule has 0 bridgehead atoms. The summed E-state index contributed by atoms with van der Waals surface area (Å²) in [7, 11) is 0. The van der Waals surface area contributed by atoms with Crippen LogP contribution in [-0.2, 0) is 38.8 Å². The zero-order chi connectivity index (χ0) is 21.4. The summed E-state index contributed by atoms with van der Waals surface area (Å²) < 4.78 is 24.8. The van der Waals surface area contributed by atoms with E-state index in [1.165, 1.54) is 0 Å². The molecule has 1 fully saturated rings. The van der Waals surface area contributed by atoms with Crippen LogP contribution in [0.1, 0.15) is 23.6 Å². The average molecular weight is 419 g/mol. The monoisotopic (exact) mass is 418 g/mol. The Kier molecular flexibility index (Phi) is 7.49. The van der Waals surface area contributed by atoms with E-state index in [0.717, 1.165) is 16.7 Å². The molecule has 3 aromatic rings. The van der Waals surface area contributed by atoms with Gasteiger partial charge in [0.15, 0.2) is 0 Å². The fraction of sp³-hybridized carbons (Fsp3) is 0.333. The van der Waals surface area contributed by atoms with E-state index < -0.39 is 5.60 Å². The molecule has 4 nitrogen and oxygen atoms in total. The Hall–Kier alpha value is -2.50. The highest BCUT2D eigenvalue weighted by Gasteiger charge is 2.48. The Morgan fingerprint density at radius 1 is 0.742 bits per heavy atom. The Balaban J connectivity index is 1.40. The van der Waals surface area contributed by atoms with Gasteiger partial charge in [0, 0.05) is 0 Å². The van der Waals surface area contributed by atoms with Gasteiger partial charge < -0.3 is 18.9 Å². The molecule has 0 N–H and O–H groups in total. The second-order valence-electron chi connectivity index (χ2n) is 8.15. The third-order valence-electron chi connectivity index (χ3n) is 5.60. The summed E-state index contributed by atoms with van der Waals surface area (Å²) in [5, 5.41) is 0. The van der Waals surface area contributed by atoms with Gasteiger partial charge in [-0.2, -0.15) is 0 Å². The van der Waals surface area contributed by atoms with Crippen LogP contribution in [0.2, 0.25) is 0 Å². The van der Waals surface area contributed by atoms with Gasteiger partial charge in [0.2, 0.25) is 0 Å². The lowest BCUT2D eigenvalue weighted by atomic mass is 9.98. The molecule has 0 radical (unpaired) electrons. The molecule has 1 heterocycles. The summed E-state index contributed by atoms with van der Waals surface area (Å²) in [4.78, 5) is 0. The van der Waals surface area contributed by atoms with Gasteiger partial charge in [0.1, 0.15) is 17.8 Å². The van der Waals surface area contributed by atoms with Crippen LogP contribution in [0.4, 0.5) is 0 Å². The smallest absolute Gasteiger partial charge is 0.118 e. The van der Waals surface area contributed by atoms with Crippen molar-refractivity contribution in [1.82, 2.24) is 0 Å². The van der Waals surface area contributed by atoms with Crippen molar-refractivity contribution in [2.24, 2.45) is 0 Å². The lowest BCUT2D eigenvalue weighted by Crippen LogP contribution is -2.46. The third kappa shape index (κ3) is 6.02. The van der Waals surface area contributed by atoms with Crippen LogP contribution in [-0.4, -0.2) is 31.0 Å². The molecule has 0 amide bonds. The number of rotatable bonds is 10. The molecule has 31 heavy (non-hydrogen) atoms. The predicted octanol–water partition coefficient (Wildman–Crippen LogP) is 5.16. The van der Waals surface area contributed by atoms with Crippen molar-refractivity contribution in [2.45, 2.75) is 44.6 Å². The topological polar surface area (TPSA) is 36.9 Å². The Bertz CT molecular complexity index is 900. The van der Waals surface area contributed by atoms with Gasteiger partial charge in [0.25, 0.3) is 0 Å². The Labute approximate surface area is 184 Å².